The SMILES string of the molecule is NCCN1CCC2(CC1)CC(=O)N(Cc1cc(F)cc(F)c1)C2. The Morgan fingerprint density at radius 2 is 1.78 bits per heavy atom. The van der Waals surface area contributed by atoms with E-state index in [-0.39, 0.29) is 17.9 Å². The van der Waals surface area contributed by atoms with E-state index in [1.54, 1.807) is 4.90 Å². The van der Waals surface area contributed by atoms with E-state index >= 15 is 0 Å². The first-order chi connectivity index (χ1) is 11.0. The second-order valence-electron chi connectivity index (χ2n) is 6.83. The number of amides is 1. The highest BCUT2D eigenvalue weighted by atomic mass is 19.1. The molecule has 2 saturated heterocycles. The zero-order valence-electron chi connectivity index (χ0n) is 13.2. The molecule has 1 amide bonds. The molecule has 1 spiro atoms. The van der Waals surface area contributed by atoms with Crippen molar-refractivity contribution in [3.8, 4) is 0 Å². The van der Waals surface area contributed by atoms with E-state index in [0.717, 1.165) is 38.5 Å². The average molecular weight is 323 g/mol. The Morgan fingerprint density at radius 1 is 1.13 bits per heavy atom. The number of likely N-dealkylation sites (tertiary alicyclic amines) is 2. The minimum atomic E-state index is -0.601. The third-order valence-corrected chi connectivity index (χ3v) is 5.06. The van der Waals surface area contributed by atoms with E-state index in [2.05, 4.69) is 4.90 Å². The summed E-state index contributed by atoms with van der Waals surface area (Å²) in [6.45, 7) is 4.45. The minimum absolute atomic E-state index is 0.0219. The molecule has 2 aliphatic rings. The predicted octanol–water partition coefficient (Wildman–Crippen LogP) is 1.74. The Morgan fingerprint density at radius 3 is 2.39 bits per heavy atom. The first kappa shape index (κ1) is 16.3. The minimum Gasteiger partial charge on any atom is -0.338 e. The van der Waals surface area contributed by atoms with Gasteiger partial charge in [-0.3, -0.25) is 4.79 Å². The summed E-state index contributed by atoms with van der Waals surface area (Å²) in [6.07, 6.45) is 2.50. The molecule has 4 nitrogen and oxygen atoms in total. The van der Waals surface area contributed by atoms with Crippen molar-refractivity contribution in [2.45, 2.75) is 25.8 Å². The Balaban J connectivity index is 1.64. The number of nitrogens with zero attached hydrogens (tertiary/aromatic N) is 2. The van der Waals surface area contributed by atoms with Crippen LogP contribution >= 0.6 is 0 Å². The molecule has 2 aliphatic heterocycles. The average Bonchev–Trinajstić information content (AvgIpc) is 2.77. The first-order valence-electron chi connectivity index (χ1n) is 8.15. The molecule has 2 fully saturated rings. The number of hydrogen-bond acceptors (Lipinski definition) is 3. The topological polar surface area (TPSA) is 49.6 Å². The number of carbonyl (C=O) groups excluding carboxylic acids is 1. The summed E-state index contributed by atoms with van der Waals surface area (Å²) in [7, 11) is 0. The van der Waals surface area contributed by atoms with Crippen molar-refractivity contribution in [1.82, 2.24) is 9.80 Å². The van der Waals surface area contributed by atoms with Crippen LogP contribution in [0.5, 0.6) is 0 Å². The third-order valence-electron chi connectivity index (χ3n) is 5.06. The molecule has 2 N–H and O–H groups in total. The van der Waals surface area contributed by atoms with Gasteiger partial charge >= 0.3 is 0 Å². The summed E-state index contributed by atoms with van der Waals surface area (Å²) in [5.41, 5.74) is 6.12. The second-order valence-corrected chi connectivity index (χ2v) is 6.83. The van der Waals surface area contributed by atoms with Crippen molar-refractivity contribution in [1.29, 1.82) is 0 Å². The number of halogens is 2. The molecule has 0 aromatic heterocycles. The lowest BCUT2D eigenvalue weighted by atomic mass is 9.77. The zero-order valence-corrected chi connectivity index (χ0v) is 13.2. The fourth-order valence-electron chi connectivity index (χ4n) is 3.82. The van der Waals surface area contributed by atoms with E-state index < -0.39 is 11.6 Å². The number of rotatable bonds is 4. The molecular weight excluding hydrogens is 300 g/mol. The Kier molecular flexibility index (Phi) is 4.64. The lowest BCUT2D eigenvalue weighted by Gasteiger charge is -2.38. The molecule has 0 radical (unpaired) electrons. The van der Waals surface area contributed by atoms with Crippen LogP contribution in [0.15, 0.2) is 18.2 Å². The highest BCUT2D eigenvalue weighted by Crippen LogP contribution is 2.41. The van der Waals surface area contributed by atoms with Gasteiger partial charge in [0.2, 0.25) is 5.91 Å². The van der Waals surface area contributed by atoms with Crippen molar-refractivity contribution in [3.05, 3.63) is 35.4 Å². The molecule has 126 valence electrons. The van der Waals surface area contributed by atoms with Gasteiger partial charge in [-0.05, 0) is 49.0 Å². The second kappa shape index (κ2) is 6.53. The molecule has 3 rings (SSSR count). The van der Waals surface area contributed by atoms with Crippen LogP contribution in [0.25, 0.3) is 0 Å². The molecule has 0 unspecified atom stereocenters. The summed E-state index contributed by atoms with van der Waals surface area (Å²) in [4.78, 5) is 16.4. The van der Waals surface area contributed by atoms with Gasteiger partial charge in [-0.25, -0.2) is 8.78 Å². The van der Waals surface area contributed by atoms with Crippen LogP contribution < -0.4 is 5.73 Å². The van der Waals surface area contributed by atoms with Crippen molar-refractivity contribution in [2.75, 3.05) is 32.7 Å². The van der Waals surface area contributed by atoms with Crippen molar-refractivity contribution < 1.29 is 13.6 Å². The van der Waals surface area contributed by atoms with Crippen LogP contribution in [0, 0.1) is 17.0 Å². The summed E-state index contributed by atoms with van der Waals surface area (Å²) < 4.78 is 26.6. The quantitative estimate of drug-likeness (QED) is 0.918. The van der Waals surface area contributed by atoms with Gasteiger partial charge in [0.05, 0.1) is 0 Å². The molecule has 1 aromatic rings. The summed E-state index contributed by atoms with van der Waals surface area (Å²) in [5, 5.41) is 0. The molecule has 23 heavy (non-hydrogen) atoms. The number of piperidine rings is 1. The summed E-state index contributed by atoms with van der Waals surface area (Å²) >= 11 is 0. The van der Waals surface area contributed by atoms with Crippen molar-refractivity contribution in [2.24, 2.45) is 11.1 Å². The fraction of sp³-hybridized carbons (Fsp3) is 0.588. The maximum absolute atomic E-state index is 13.3. The predicted molar refractivity (Wildman–Crippen MR) is 83.6 cm³/mol. The molecule has 0 bridgehead atoms. The lowest BCUT2D eigenvalue weighted by Crippen LogP contribution is -2.43. The van der Waals surface area contributed by atoms with Crippen molar-refractivity contribution in [3.63, 3.8) is 0 Å². The van der Waals surface area contributed by atoms with Crippen LogP contribution in [0.1, 0.15) is 24.8 Å². The molecule has 6 heteroatoms. The number of benzene rings is 1. The van der Waals surface area contributed by atoms with Gasteiger partial charge in [0.25, 0.3) is 0 Å². The Hall–Kier alpha value is -1.53. The smallest absolute Gasteiger partial charge is 0.223 e. The summed E-state index contributed by atoms with van der Waals surface area (Å²) in [5.74, 6) is -1.12. The van der Waals surface area contributed by atoms with Gasteiger partial charge in [0, 0.05) is 38.7 Å². The third kappa shape index (κ3) is 3.70. The van der Waals surface area contributed by atoms with Gasteiger partial charge in [0.15, 0.2) is 0 Å². The maximum Gasteiger partial charge on any atom is 0.223 e. The van der Waals surface area contributed by atoms with Crippen LogP contribution in [0.4, 0.5) is 8.78 Å². The van der Waals surface area contributed by atoms with E-state index in [4.69, 9.17) is 5.73 Å². The number of nitrogens with two attached hydrogens (primary N) is 1. The van der Waals surface area contributed by atoms with Crippen LogP contribution in [0.2, 0.25) is 0 Å². The van der Waals surface area contributed by atoms with Gasteiger partial charge < -0.3 is 15.5 Å². The zero-order chi connectivity index (χ0) is 16.4. The monoisotopic (exact) mass is 323 g/mol. The standard InChI is InChI=1S/C17H23F2N3O/c18-14-7-13(8-15(19)9-14)11-22-12-17(10-16(22)23)1-4-21(5-2-17)6-3-20/h7-9H,1-6,10-12,20H2. The molecular formula is C17H23F2N3O. The van der Waals surface area contributed by atoms with Crippen LogP contribution in [-0.4, -0.2) is 48.4 Å². The number of carbonyl (C=O) groups is 1. The van der Waals surface area contributed by atoms with Crippen LogP contribution in [-0.2, 0) is 11.3 Å². The van der Waals surface area contributed by atoms with E-state index in [0.29, 0.717) is 25.1 Å². The Bertz CT molecular complexity index is 565. The first-order valence-corrected chi connectivity index (χ1v) is 8.15. The molecule has 1 aromatic carbocycles. The fourth-order valence-corrected chi connectivity index (χ4v) is 3.82. The van der Waals surface area contributed by atoms with Gasteiger partial charge in [-0.2, -0.15) is 0 Å². The molecule has 2 heterocycles. The van der Waals surface area contributed by atoms with E-state index in [9.17, 15) is 13.6 Å². The van der Waals surface area contributed by atoms with Crippen LogP contribution in [0.3, 0.4) is 0 Å². The normalized spacial score (nSPS) is 21.3. The van der Waals surface area contributed by atoms with Gasteiger partial charge in [0.1, 0.15) is 11.6 Å². The van der Waals surface area contributed by atoms with Crippen molar-refractivity contribution >= 4 is 5.91 Å². The summed E-state index contributed by atoms with van der Waals surface area (Å²) in [6, 6.07) is 3.44. The Labute approximate surface area is 135 Å². The molecule has 0 aliphatic carbocycles. The highest BCUT2D eigenvalue weighted by molar-refractivity contribution is 5.79. The largest absolute Gasteiger partial charge is 0.338 e. The van der Waals surface area contributed by atoms with Gasteiger partial charge in [-0.1, -0.05) is 0 Å². The highest BCUT2D eigenvalue weighted by Gasteiger charge is 2.44. The molecule has 0 atom stereocenters. The molecule has 0 saturated carbocycles. The maximum atomic E-state index is 13.3. The number of hydrogen-bond donors (Lipinski definition) is 1. The van der Waals surface area contributed by atoms with E-state index in [1.807, 2.05) is 0 Å². The van der Waals surface area contributed by atoms with E-state index in [1.165, 1.54) is 12.1 Å². The van der Waals surface area contributed by atoms with Gasteiger partial charge in [-0.15, -0.1) is 0 Å². The lowest BCUT2D eigenvalue weighted by molar-refractivity contribution is -0.128.